The molecule has 2 N–H and O–H groups in total. The number of amides is 1. The fraction of sp³-hybridized carbons (Fsp3) is 0.0400. The number of H-pyrrole nitrogens is 1. The van der Waals surface area contributed by atoms with E-state index in [1.165, 1.54) is 5.39 Å². The molecule has 2 aromatic heterocycles. The average molecular weight is 377 g/mol. The summed E-state index contributed by atoms with van der Waals surface area (Å²) in [5.41, 5.74) is 6.53. The minimum absolute atomic E-state index is 0.117. The van der Waals surface area contributed by atoms with Gasteiger partial charge in [-0.1, -0.05) is 48.0 Å². The van der Waals surface area contributed by atoms with E-state index in [9.17, 15) is 4.79 Å². The summed E-state index contributed by atoms with van der Waals surface area (Å²) in [6, 6.07) is 25.6. The molecule has 0 aliphatic rings. The van der Waals surface area contributed by atoms with E-state index in [0.717, 1.165) is 38.9 Å². The van der Waals surface area contributed by atoms with E-state index >= 15 is 0 Å². The van der Waals surface area contributed by atoms with E-state index in [1.54, 1.807) is 0 Å². The van der Waals surface area contributed by atoms with Gasteiger partial charge >= 0.3 is 0 Å². The van der Waals surface area contributed by atoms with Crippen molar-refractivity contribution in [3.05, 3.63) is 96.2 Å². The van der Waals surface area contributed by atoms with Crippen molar-refractivity contribution >= 4 is 33.4 Å². The lowest BCUT2D eigenvalue weighted by Gasteiger charge is -2.07. The normalized spacial score (nSPS) is 11.1. The molecule has 0 radical (unpaired) electrons. The van der Waals surface area contributed by atoms with Gasteiger partial charge in [0, 0.05) is 39.3 Å². The van der Waals surface area contributed by atoms with E-state index < -0.39 is 0 Å². The molecule has 4 heteroatoms. The van der Waals surface area contributed by atoms with Crippen molar-refractivity contribution in [3.8, 4) is 11.3 Å². The molecule has 2 heterocycles. The van der Waals surface area contributed by atoms with Crippen LogP contribution in [0.15, 0.2) is 85.1 Å². The topological polar surface area (TPSA) is 57.8 Å². The second kappa shape index (κ2) is 6.91. The first-order valence-corrected chi connectivity index (χ1v) is 9.53. The van der Waals surface area contributed by atoms with Crippen molar-refractivity contribution in [2.75, 3.05) is 5.32 Å². The third kappa shape index (κ3) is 3.15. The first-order valence-electron chi connectivity index (χ1n) is 9.53. The monoisotopic (exact) mass is 377 g/mol. The minimum Gasteiger partial charge on any atom is -0.353 e. The van der Waals surface area contributed by atoms with Gasteiger partial charge in [0.05, 0.1) is 11.2 Å². The molecule has 0 aliphatic carbocycles. The number of nitrogens with zero attached hydrogens (tertiary/aromatic N) is 1. The highest BCUT2D eigenvalue weighted by Crippen LogP contribution is 2.31. The summed E-state index contributed by atoms with van der Waals surface area (Å²) < 4.78 is 0. The van der Waals surface area contributed by atoms with Gasteiger partial charge in [-0.25, -0.2) is 0 Å². The van der Waals surface area contributed by atoms with Crippen LogP contribution < -0.4 is 5.32 Å². The Morgan fingerprint density at radius 1 is 0.862 bits per heavy atom. The molecule has 4 nitrogen and oxygen atoms in total. The number of aryl methyl sites for hydroxylation is 1. The zero-order valence-corrected chi connectivity index (χ0v) is 15.9. The molecule has 3 aromatic carbocycles. The van der Waals surface area contributed by atoms with Crippen LogP contribution in [0.3, 0.4) is 0 Å². The first-order chi connectivity index (χ1) is 14.2. The molecule has 0 fully saturated rings. The van der Waals surface area contributed by atoms with E-state index in [1.807, 2.05) is 79.9 Å². The Morgan fingerprint density at radius 2 is 1.62 bits per heavy atom. The maximum Gasteiger partial charge on any atom is 0.255 e. The quantitative estimate of drug-likeness (QED) is 0.408. The van der Waals surface area contributed by atoms with Crippen molar-refractivity contribution < 1.29 is 4.79 Å². The van der Waals surface area contributed by atoms with E-state index in [4.69, 9.17) is 0 Å². The lowest BCUT2D eigenvalue weighted by Crippen LogP contribution is -2.11. The Bertz CT molecular complexity index is 1330. The number of para-hydroxylation sites is 1. The van der Waals surface area contributed by atoms with Crippen LogP contribution in [0.5, 0.6) is 0 Å². The number of pyridine rings is 1. The van der Waals surface area contributed by atoms with E-state index in [-0.39, 0.29) is 5.91 Å². The van der Waals surface area contributed by atoms with Crippen LogP contribution in [-0.4, -0.2) is 15.9 Å². The molecule has 140 valence electrons. The Hall–Kier alpha value is -3.92. The third-order valence-electron chi connectivity index (χ3n) is 5.16. The van der Waals surface area contributed by atoms with Crippen molar-refractivity contribution in [3.63, 3.8) is 0 Å². The zero-order valence-electron chi connectivity index (χ0n) is 15.9. The number of carbonyl (C=O) groups excluding carboxylic acids is 1. The number of hydrogen-bond acceptors (Lipinski definition) is 2. The Kier molecular flexibility index (Phi) is 4.10. The minimum atomic E-state index is -0.117. The van der Waals surface area contributed by atoms with Crippen molar-refractivity contribution in [2.24, 2.45) is 0 Å². The van der Waals surface area contributed by atoms with E-state index in [0.29, 0.717) is 5.56 Å². The SMILES string of the molecule is Cc1ccc(C(=O)Nc2ccc(-c3nccc4c3[nH]c3ccccc34)cc2)cc1. The van der Waals surface area contributed by atoms with Crippen LogP contribution in [-0.2, 0) is 0 Å². The number of aromatic amines is 1. The average Bonchev–Trinajstić information content (AvgIpc) is 3.14. The molecule has 0 atom stereocenters. The van der Waals surface area contributed by atoms with Gasteiger partial charge in [0.15, 0.2) is 0 Å². The lowest BCUT2D eigenvalue weighted by atomic mass is 10.1. The number of hydrogen-bond donors (Lipinski definition) is 2. The van der Waals surface area contributed by atoms with Gasteiger partial charge < -0.3 is 10.3 Å². The molecule has 0 spiro atoms. The highest BCUT2D eigenvalue weighted by atomic mass is 16.1. The number of anilines is 1. The second-order valence-corrected chi connectivity index (χ2v) is 7.15. The fourth-order valence-corrected chi connectivity index (χ4v) is 3.61. The molecule has 0 saturated heterocycles. The van der Waals surface area contributed by atoms with Crippen molar-refractivity contribution in [2.45, 2.75) is 6.92 Å². The van der Waals surface area contributed by atoms with Gasteiger partial charge in [-0.05, 0) is 43.3 Å². The van der Waals surface area contributed by atoms with Crippen LogP contribution in [0.4, 0.5) is 5.69 Å². The Balaban J connectivity index is 1.46. The fourth-order valence-electron chi connectivity index (χ4n) is 3.61. The molecular formula is C25H19N3O. The van der Waals surface area contributed by atoms with Crippen molar-refractivity contribution in [1.29, 1.82) is 0 Å². The third-order valence-corrected chi connectivity index (χ3v) is 5.16. The summed E-state index contributed by atoms with van der Waals surface area (Å²) in [7, 11) is 0. The van der Waals surface area contributed by atoms with Gasteiger partial charge in [-0.2, -0.15) is 0 Å². The molecule has 5 rings (SSSR count). The number of fused-ring (bicyclic) bond motifs is 3. The first kappa shape index (κ1) is 17.2. The van der Waals surface area contributed by atoms with Gasteiger partial charge in [-0.3, -0.25) is 9.78 Å². The lowest BCUT2D eigenvalue weighted by molar-refractivity contribution is 0.102. The highest BCUT2D eigenvalue weighted by Gasteiger charge is 2.11. The molecule has 0 bridgehead atoms. The van der Waals surface area contributed by atoms with Crippen LogP contribution in [0, 0.1) is 6.92 Å². The predicted molar refractivity (Wildman–Crippen MR) is 118 cm³/mol. The molecular weight excluding hydrogens is 358 g/mol. The van der Waals surface area contributed by atoms with Gasteiger partial charge in [-0.15, -0.1) is 0 Å². The summed E-state index contributed by atoms with van der Waals surface area (Å²) >= 11 is 0. The summed E-state index contributed by atoms with van der Waals surface area (Å²) in [5.74, 6) is -0.117. The van der Waals surface area contributed by atoms with Crippen LogP contribution >= 0.6 is 0 Å². The smallest absolute Gasteiger partial charge is 0.255 e. The summed E-state index contributed by atoms with van der Waals surface area (Å²) in [4.78, 5) is 20.5. The van der Waals surface area contributed by atoms with Crippen molar-refractivity contribution in [1.82, 2.24) is 9.97 Å². The highest BCUT2D eigenvalue weighted by molar-refractivity contribution is 6.11. The summed E-state index contributed by atoms with van der Waals surface area (Å²) in [6.07, 6.45) is 1.84. The largest absolute Gasteiger partial charge is 0.353 e. The molecule has 29 heavy (non-hydrogen) atoms. The van der Waals surface area contributed by atoms with Crippen LogP contribution in [0.25, 0.3) is 33.1 Å². The number of benzene rings is 3. The number of rotatable bonds is 3. The molecule has 0 aliphatic heterocycles. The van der Waals surface area contributed by atoms with Crippen LogP contribution in [0.1, 0.15) is 15.9 Å². The standard InChI is InChI=1S/C25H19N3O/c1-16-6-8-18(9-7-16)25(29)27-19-12-10-17(11-13-19)23-24-21(14-15-26-23)20-4-2-3-5-22(20)28-24/h2-15,28H,1H3,(H,27,29). The Morgan fingerprint density at radius 3 is 2.41 bits per heavy atom. The van der Waals surface area contributed by atoms with E-state index in [2.05, 4.69) is 27.4 Å². The van der Waals surface area contributed by atoms with Gasteiger partial charge in [0.25, 0.3) is 5.91 Å². The Labute approximate surface area is 168 Å². The molecule has 1 amide bonds. The summed E-state index contributed by atoms with van der Waals surface area (Å²) in [6.45, 7) is 2.00. The summed E-state index contributed by atoms with van der Waals surface area (Å²) in [5, 5.41) is 5.29. The number of nitrogens with one attached hydrogen (secondary N) is 2. The zero-order chi connectivity index (χ0) is 19.8. The maximum atomic E-state index is 12.4. The van der Waals surface area contributed by atoms with Gasteiger partial charge in [0.1, 0.15) is 0 Å². The molecule has 5 aromatic rings. The van der Waals surface area contributed by atoms with Crippen LogP contribution in [0.2, 0.25) is 0 Å². The van der Waals surface area contributed by atoms with Gasteiger partial charge in [0.2, 0.25) is 0 Å². The molecule has 0 saturated carbocycles. The predicted octanol–water partition coefficient (Wildman–Crippen LogP) is 5.94. The molecule has 0 unspecified atom stereocenters. The maximum absolute atomic E-state index is 12.4. The second-order valence-electron chi connectivity index (χ2n) is 7.15. The number of aromatic nitrogens is 2. The number of carbonyl (C=O) groups is 1.